The van der Waals surface area contributed by atoms with Crippen LogP contribution in [0.1, 0.15) is 28.6 Å². The van der Waals surface area contributed by atoms with Crippen molar-refractivity contribution < 1.29 is 13.6 Å². The molecule has 1 amide bonds. The summed E-state index contributed by atoms with van der Waals surface area (Å²) in [7, 11) is 3.98. The van der Waals surface area contributed by atoms with Crippen molar-refractivity contribution in [1.29, 1.82) is 0 Å². The number of nitrogens with one attached hydrogen (secondary N) is 1. The lowest BCUT2D eigenvalue weighted by Crippen LogP contribution is -2.35. The molecule has 0 aliphatic rings. The molecule has 0 radical (unpaired) electrons. The van der Waals surface area contributed by atoms with Gasteiger partial charge in [-0.25, -0.2) is 9.37 Å². The minimum absolute atomic E-state index is 0.0702. The largest absolute Gasteiger partial charge is 0.441 e. The molecular formula is C23H26FN3O2. The average molecular weight is 395 g/mol. The summed E-state index contributed by atoms with van der Waals surface area (Å²) in [5, 5.41) is 2.99. The number of aromatic nitrogens is 1. The van der Waals surface area contributed by atoms with Gasteiger partial charge in [0, 0.05) is 12.1 Å². The quantitative estimate of drug-likeness (QED) is 0.655. The number of hydrogen-bond acceptors (Lipinski definition) is 4. The summed E-state index contributed by atoms with van der Waals surface area (Å²) >= 11 is 0. The van der Waals surface area contributed by atoms with Gasteiger partial charge >= 0.3 is 0 Å². The number of carbonyl (C=O) groups is 1. The molecule has 0 spiro atoms. The highest BCUT2D eigenvalue weighted by atomic mass is 19.1. The second-order valence-electron chi connectivity index (χ2n) is 7.40. The average Bonchev–Trinajstić information content (AvgIpc) is 3.03. The SMILES string of the molecule is Cc1ccc(C(CNC(=O)Cc2nc(-c3cccc(F)c3)oc2C)N(C)C)cc1. The Morgan fingerprint density at radius 3 is 2.55 bits per heavy atom. The summed E-state index contributed by atoms with van der Waals surface area (Å²) in [6, 6.07) is 14.4. The molecule has 0 aliphatic heterocycles. The minimum Gasteiger partial charge on any atom is -0.441 e. The van der Waals surface area contributed by atoms with Crippen LogP contribution < -0.4 is 5.32 Å². The monoisotopic (exact) mass is 395 g/mol. The van der Waals surface area contributed by atoms with Crippen LogP contribution in [0.15, 0.2) is 52.9 Å². The summed E-state index contributed by atoms with van der Waals surface area (Å²) in [4.78, 5) is 19.0. The lowest BCUT2D eigenvalue weighted by Gasteiger charge is -2.25. The molecule has 0 aliphatic carbocycles. The Morgan fingerprint density at radius 1 is 1.17 bits per heavy atom. The molecule has 152 valence electrons. The van der Waals surface area contributed by atoms with E-state index in [1.165, 1.54) is 17.7 Å². The number of aryl methyl sites for hydroxylation is 2. The number of carbonyl (C=O) groups excluding carboxylic acids is 1. The van der Waals surface area contributed by atoms with Gasteiger partial charge < -0.3 is 14.6 Å². The minimum atomic E-state index is -0.358. The lowest BCUT2D eigenvalue weighted by atomic mass is 10.0. The molecule has 0 saturated heterocycles. The maximum absolute atomic E-state index is 13.4. The van der Waals surface area contributed by atoms with Crippen molar-refractivity contribution in [3.8, 4) is 11.5 Å². The number of nitrogens with zero attached hydrogens (tertiary/aromatic N) is 2. The van der Waals surface area contributed by atoms with Gasteiger partial charge in [0.15, 0.2) is 0 Å². The Labute approximate surface area is 170 Å². The second-order valence-corrected chi connectivity index (χ2v) is 7.40. The molecule has 1 unspecified atom stereocenters. The van der Waals surface area contributed by atoms with Crippen molar-refractivity contribution in [1.82, 2.24) is 15.2 Å². The fourth-order valence-electron chi connectivity index (χ4n) is 3.15. The van der Waals surface area contributed by atoms with Crippen molar-refractivity contribution in [3.05, 3.63) is 76.9 Å². The summed E-state index contributed by atoms with van der Waals surface area (Å²) in [6.07, 6.45) is 0.110. The zero-order chi connectivity index (χ0) is 21.0. The van der Waals surface area contributed by atoms with Crippen LogP contribution in [-0.2, 0) is 11.2 Å². The fourth-order valence-corrected chi connectivity index (χ4v) is 3.15. The molecule has 0 saturated carbocycles. The third-order valence-corrected chi connectivity index (χ3v) is 4.87. The van der Waals surface area contributed by atoms with E-state index in [1.54, 1.807) is 19.1 Å². The standard InChI is InChI=1S/C23H26FN3O2/c1-15-8-10-17(11-9-15)21(27(3)4)14-25-22(28)13-20-16(2)29-23(26-20)18-6-5-7-19(24)12-18/h5-12,21H,13-14H2,1-4H3,(H,25,28). The molecule has 1 N–H and O–H groups in total. The van der Waals surface area contributed by atoms with Crippen LogP contribution in [0.25, 0.3) is 11.5 Å². The molecule has 2 aromatic carbocycles. The molecule has 0 bridgehead atoms. The van der Waals surface area contributed by atoms with Crippen molar-refractivity contribution in [3.63, 3.8) is 0 Å². The predicted molar refractivity (Wildman–Crippen MR) is 111 cm³/mol. The number of halogens is 1. The molecule has 3 aromatic rings. The van der Waals surface area contributed by atoms with Crippen molar-refractivity contribution in [2.24, 2.45) is 0 Å². The van der Waals surface area contributed by atoms with Gasteiger partial charge in [-0.15, -0.1) is 0 Å². The third-order valence-electron chi connectivity index (χ3n) is 4.87. The van der Waals surface area contributed by atoms with E-state index < -0.39 is 0 Å². The Hall–Kier alpha value is -2.99. The summed E-state index contributed by atoms with van der Waals surface area (Å²) in [5.74, 6) is 0.382. The number of amides is 1. The Balaban J connectivity index is 1.65. The van der Waals surface area contributed by atoms with Crippen LogP contribution in [-0.4, -0.2) is 36.4 Å². The van der Waals surface area contributed by atoms with Crippen LogP contribution in [0.2, 0.25) is 0 Å². The first kappa shape index (κ1) is 20.7. The fraction of sp³-hybridized carbons (Fsp3) is 0.304. The highest BCUT2D eigenvalue weighted by Crippen LogP contribution is 2.23. The number of rotatable bonds is 7. The molecule has 1 heterocycles. The Kier molecular flexibility index (Phi) is 6.44. The second kappa shape index (κ2) is 9.01. The maximum Gasteiger partial charge on any atom is 0.226 e. The van der Waals surface area contributed by atoms with Gasteiger partial charge in [-0.3, -0.25) is 4.79 Å². The predicted octanol–water partition coefficient (Wildman–Crippen LogP) is 4.06. The van der Waals surface area contributed by atoms with Gasteiger partial charge in [0.25, 0.3) is 0 Å². The first-order valence-corrected chi connectivity index (χ1v) is 9.55. The number of likely N-dealkylation sites (N-methyl/N-ethyl adjacent to an activating group) is 1. The van der Waals surface area contributed by atoms with Crippen LogP contribution >= 0.6 is 0 Å². The van der Waals surface area contributed by atoms with E-state index in [-0.39, 0.29) is 24.2 Å². The molecule has 1 atom stereocenters. The van der Waals surface area contributed by atoms with Crippen LogP contribution in [0.4, 0.5) is 4.39 Å². The molecule has 3 rings (SSSR count). The van der Waals surface area contributed by atoms with Crippen LogP contribution in [0, 0.1) is 19.7 Å². The van der Waals surface area contributed by atoms with Crippen molar-refractivity contribution >= 4 is 5.91 Å². The first-order chi connectivity index (χ1) is 13.8. The van der Waals surface area contributed by atoms with Crippen molar-refractivity contribution in [2.45, 2.75) is 26.3 Å². The molecular weight excluding hydrogens is 369 g/mol. The lowest BCUT2D eigenvalue weighted by molar-refractivity contribution is -0.120. The van der Waals surface area contributed by atoms with E-state index in [0.717, 1.165) is 5.56 Å². The zero-order valence-electron chi connectivity index (χ0n) is 17.2. The number of benzene rings is 2. The number of oxazole rings is 1. The highest BCUT2D eigenvalue weighted by Gasteiger charge is 2.18. The molecule has 5 nitrogen and oxygen atoms in total. The number of hydrogen-bond donors (Lipinski definition) is 1. The summed E-state index contributed by atoms with van der Waals surface area (Å²) in [6.45, 7) is 4.30. The van der Waals surface area contributed by atoms with Gasteiger partial charge in [0.1, 0.15) is 11.6 Å². The molecule has 6 heteroatoms. The molecule has 1 aromatic heterocycles. The topological polar surface area (TPSA) is 58.4 Å². The summed E-state index contributed by atoms with van der Waals surface area (Å²) < 4.78 is 19.1. The Bertz CT molecular complexity index is 980. The van der Waals surface area contributed by atoms with E-state index in [1.807, 2.05) is 14.1 Å². The van der Waals surface area contributed by atoms with Gasteiger partial charge in [0.2, 0.25) is 11.8 Å². The van der Waals surface area contributed by atoms with Crippen molar-refractivity contribution in [2.75, 3.05) is 20.6 Å². The van der Waals surface area contributed by atoms with E-state index >= 15 is 0 Å². The van der Waals surface area contributed by atoms with Gasteiger partial charge in [-0.05, 0) is 51.7 Å². The normalized spacial score (nSPS) is 12.2. The Morgan fingerprint density at radius 2 is 1.90 bits per heavy atom. The maximum atomic E-state index is 13.4. The molecule has 29 heavy (non-hydrogen) atoms. The van der Waals surface area contributed by atoms with Gasteiger partial charge in [0.05, 0.1) is 18.2 Å². The smallest absolute Gasteiger partial charge is 0.226 e. The van der Waals surface area contributed by atoms with Crippen LogP contribution in [0.3, 0.4) is 0 Å². The third kappa shape index (κ3) is 5.29. The van der Waals surface area contributed by atoms with E-state index in [2.05, 4.69) is 46.4 Å². The van der Waals surface area contributed by atoms with Gasteiger partial charge in [-0.2, -0.15) is 0 Å². The van der Waals surface area contributed by atoms with Gasteiger partial charge in [-0.1, -0.05) is 35.9 Å². The first-order valence-electron chi connectivity index (χ1n) is 9.55. The van der Waals surface area contributed by atoms with E-state index in [4.69, 9.17) is 4.42 Å². The van der Waals surface area contributed by atoms with Crippen LogP contribution in [0.5, 0.6) is 0 Å². The summed E-state index contributed by atoms with van der Waals surface area (Å²) in [5.41, 5.74) is 3.45. The zero-order valence-corrected chi connectivity index (χ0v) is 17.2. The van der Waals surface area contributed by atoms with E-state index in [0.29, 0.717) is 29.5 Å². The van der Waals surface area contributed by atoms with E-state index in [9.17, 15) is 9.18 Å². The highest BCUT2D eigenvalue weighted by molar-refractivity contribution is 5.78. The molecule has 0 fully saturated rings.